The van der Waals surface area contributed by atoms with Gasteiger partial charge >= 0.3 is 54.6 Å². The number of carboxylic acids is 4. The maximum atomic E-state index is 10.1. The molecule has 4 aromatic carbocycles. The third kappa shape index (κ3) is 16.4. The van der Waals surface area contributed by atoms with E-state index in [4.69, 9.17) is 0 Å². The largest absolute Gasteiger partial charge is 2.00 e. The standard InChI is InChI=1S/4C7H6O2.2Cd/c4*8-7(9)6-4-2-1-3-5-6;;/h4*1-5H,(H,8,9);;/q;;;;2*+2/p-4. The molecule has 4 rings (SSSR count). The maximum absolute atomic E-state index is 10.1. The first-order valence-electron chi connectivity index (χ1n) is 10.3. The Hall–Kier alpha value is -3.40. The molecule has 0 heterocycles. The molecular weight excluding hydrogens is 689 g/mol. The van der Waals surface area contributed by atoms with Crippen LogP contribution in [0.4, 0.5) is 0 Å². The molecule has 184 valence electrons. The van der Waals surface area contributed by atoms with E-state index < -0.39 is 23.9 Å². The van der Waals surface area contributed by atoms with Gasteiger partial charge in [0.2, 0.25) is 0 Å². The Morgan fingerprint density at radius 3 is 0.526 bits per heavy atom. The van der Waals surface area contributed by atoms with Gasteiger partial charge in [0.25, 0.3) is 0 Å². The molecule has 0 aliphatic heterocycles. The average Bonchev–Trinajstić information content (AvgIpc) is 2.92. The summed E-state index contributed by atoms with van der Waals surface area (Å²) in [4.78, 5) is 40.4. The fourth-order valence-electron chi connectivity index (χ4n) is 2.30. The molecule has 0 saturated heterocycles. The molecule has 0 N–H and O–H groups in total. The Bertz CT molecular complexity index is 1020. The molecule has 0 amide bonds. The zero-order chi connectivity index (χ0) is 26.8. The van der Waals surface area contributed by atoms with E-state index in [1.807, 2.05) is 0 Å². The van der Waals surface area contributed by atoms with E-state index in [1.165, 1.54) is 48.5 Å². The fourth-order valence-corrected chi connectivity index (χ4v) is 2.30. The van der Waals surface area contributed by atoms with Crippen LogP contribution in [0, 0.1) is 0 Å². The van der Waals surface area contributed by atoms with Crippen molar-refractivity contribution >= 4 is 23.9 Å². The van der Waals surface area contributed by atoms with E-state index >= 15 is 0 Å². The van der Waals surface area contributed by atoms with Gasteiger partial charge in [0.15, 0.2) is 0 Å². The van der Waals surface area contributed by atoms with Crippen LogP contribution < -0.4 is 20.4 Å². The number of hydrogen-bond acceptors (Lipinski definition) is 8. The zero-order valence-electron chi connectivity index (χ0n) is 20.2. The summed E-state index contributed by atoms with van der Waals surface area (Å²) in [5.74, 6) is -4.52. The van der Waals surface area contributed by atoms with Crippen LogP contribution in [-0.2, 0) is 54.6 Å². The SMILES string of the molecule is O=C([O-])c1ccccc1.O=C([O-])c1ccccc1.O=C([O-])c1ccccc1.O=C([O-])c1ccccc1.[Cd+2].[Cd+2]. The third-order valence-electron chi connectivity index (χ3n) is 4.04. The molecule has 0 aromatic heterocycles. The van der Waals surface area contributed by atoms with Crippen molar-refractivity contribution in [3.63, 3.8) is 0 Å². The second-order valence-electron chi connectivity index (χ2n) is 6.61. The normalized spacial score (nSPS) is 8.42. The van der Waals surface area contributed by atoms with Crippen molar-refractivity contribution in [3.05, 3.63) is 144 Å². The van der Waals surface area contributed by atoms with Crippen molar-refractivity contribution in [1.82, 2.24) is 0 Å². The van der Waals surface area contributed by atoms with Crippen molar-refractivity contribution in [2.24, 2.45) is 0 Å². The number of carbonyl (C=O) groups excluding carboxylic acids is 4. The molecule has 0 unspecified atom stereocenters. The minimum Gasteiger partial charge on any atom is -0.545 e. The predicted octanol–water partition coefficient (Wildman–Crippen LogP) is 0.195. The molecule has 38 heavy (non-hydrogen) atoms. The third-order valence-corrected chi connectivity index (χ3v) is 4.04. The van der Waals surface area contributed by atoms with Crippen LogP contribution >= 0.6 is 0 Å². The number of carbonyl (C=O) groups is 4. The van der Waals surface area contributed by atoms with Crippen LogP contribution in [0.1, 0.15) is 41.4 Å². The summed E-state index contributed by atoms with van der Waals surface area (Å²) >= 11 is 0. The Balaban J connectivity index is 0. The van der Waals surface area contributed by atoms with Gasteiger partial charge in [-0.25, -0.2) is 0 Å². The van der Waals surface area contributed by atoms with E-state index in [0.29, 0.717) is 0 Å². The molecule has 10 heteroatoms. The number of hydrogen-bond donors (Lipinski definition) is 0. The van der Waals surface area contributed by atoms with Crippen LogP contribution in [0.5, 0.6) is 0 Å². The van der Waals surface area contributed by atoms with Crippen LogP contribution in [0.15, 0.2) is 121 Å². The number of rotatable bonds is 4. The number of benzene rings is 4. The van der Waals surface area contributed by atoms with Gasteiger partial charge in [-0.2, -0.15) is 0 Å². The first kappa shape index (κ1) is 36.8. The summed E-state index contributed by atoms with van der Waals surface area (Å²) in [6, 6.07) is 32.3. The first-order chi connectivity index (χ1) is 17.2. The molecule has 0 radical (unpaired) electrons. The van der Waals surface area contributed by atoms with Gasteiger partial charge in [0.1, 0.15) is 0 Å². The molecule has 0 aliphatic carbocycles. The van der Waals surface area contributed by atoms with E-state index in [2.05, 4.69) is 0 Å². The van der Waals surface area contributed by atoms with Gasteiger partial charge in [-0.1, -0.05) is 121 Å². The van der Waals surface area contributed by atoms with Crippen molar-refractivity contribution in [1.29, 1.82) is 0 Å². The Kier molecular flexibility index (Phi) is 21.0. The van der Waals surface area contributed by atoms with Gasteiger partial charge in [-0.05, 0) is 22.3 Å². The fraction of sp³-hybridized carbons (Fsp3) is 0. The smallest absolute Gasteiger partial charge is 0.545 e. The van der Waals surface area contributed by atoms with Crippen LogP contribution in [-0.4, -0.2) is 23.9 Å². The van der Waals surface area contributed by atoms with Crippen molar-refractivity contribution in [3.8, 4) is 0 Å². The summed E-state index contributed by atoms with van der Waals surface area (Å²) in [5.41, 5.74) is 0.880. The summed E-state index contributed by atoms with van der Waals surface area (Å²) < 4.78 is 0. The van der Waals surface area contributed by atoms with E-state index in [1.54, 1.807) is 72.8 Å². The summed E-state index contributed by atoms with van der Waals surface area (Å²) in [7, 11) is 0. The molecule has 8 nitrogen and oxygen atoms in total. The van der Waals surface area contributed by atoms with Gasteiger partial charge in [-0.3, -0.25) is 0 Å². The Morgan fingerprint density at radius 2 is 0.447 bits per heavy atom. The Morgan fingerprint density at radius 1 is 0.316 bits per heavy atom. The number of carboxylic acid groups (broad SMARTS) is 4. The summed E-state index contributed by atoms with van der Waals surface area (Å²) in [6.45, 7) is 0. The quantitative estimate of drug-likeness (QED) is 0.272. The molecule has 0 saturated carbocycles. The predicted molar refractivity (Wildman–Crippen MR) is 123 cm³/mol. The van der Waals surface area contributed by atoms with Crippen molar-refractivity contribution < 1.29 is 94.2 Å². The zero-order valence-corrected chi connectivity index (χ0v) is 28.3. The molecule has 0 atom stereocenters. The first-order valence-corrected chi connectivity index (χ1v) is 10.3. The van der Waals surface area contributed by atoms with Crippen molar-refractivity contribution in [2.75, 3.05) is 0 Å². The van der Waals surface area contributed by atoms with Gasteiger partial charge in [0.05, 0.1) is 23.9 Å². The molecule has 0 spiro atoms. The minimum atomic E-state index is -1.13. The van der Waals surface area contributed by atoms with E-state index in [-0.39, 0.29) is 76.9 Å². The van der Waals surface area contributed by atoms with E-state index in [9.17, 15) is 39.6 Å². The average molecular weight is 709 g/mol. The van der Waals surface area contributed by atoms with Gasteiger partial charge in [-0.15, -0.1) is 0 Å². The summed E-state index contributed by atoms with van der Waals surface area (Å²) in [6.07, 6.45) is 0. The molecule has 0 fully saturated rings. The van der Waals surface area contributed by atoms with Gasteiger partial charge in [0, 0.05) is 0 Å². The summed E-state index contributed by atoms with van der Waals surface area (Å²) in [5, 5.41) is 40.4. The van der Waals surface area contributed by atoms with E-state index in [0.717, 1.165) is 0 Å². The molecule has 0 bridgehead atoms. The minimum absolute atomic E-state index is 0. The molecule has 4 aromatic rings. The monoisotopic (exact) mass is 712 g/mol. The second-order valence-corrected chi connectivity index (χ2v) is 6.61. The molecular formula is C28H20Cd2O8. The van der Waals surface area contributed by atoms with Crippen molar-refractivity contribution in [2.45, 2.75) is 0 Å². The van der Waals surface area contributed by atoms with Gasteiger partial charge < -0.3 is 39.6 Å². The van der Waals surface area contributed by atoms with Crippen LogP contribution in [0.2, 0.25) is 0 Å². The van der Waals surface area contributed by atoms with Crippen LogP contribution in [0.3, 0.4) is 0 Å². The molecule has 0 aliphatic rings. The second kappa shape index (κ2) is 21.7. The topological polar surface area (TPSA) is 161 Å². The van der Waals surface area contributed by atoms with Crippen LogP contribution in [0.25, 0.3) is 0 Å². The maximum Gasteiger partial charge on any atom is 2.00 e. The number of aromatic carboxylic acids is 4. The Labute approximate surface area is 259 Å².